The van der Waals surface area contributed by atoms with E-state index < -0.39 is 6.10 Å². The van der Waals surface area contributed by atoms with E-state index in [0.29, 0.717) is 24.4 Å². The first-order chi connectivity index (χ1) is 10.0. The van der Waals surface area contributed by atoms with Gasteiger partial charge in [0.15, 0.2) is 0 Å². The zero-order valence-corrected chi connectivity index (χ0v) is 12.5. The van der Waals surface area contributed by atoms with E-state index >= 15 is 0 Å². The standard InChI is InChI=1S/C15H22N2O4/c1-3-21-13-5-4-8-16(10-13)14-7-6-12(11(2)18)9-15(14)17(19)20/h6-7,9,11,13,18H,3-5,8,10H2,1-2H3. The minimum absolute atomic E-state index is 0.0468. The van der Waals surface area contributed by atoms with E-state index in [4.69, 9.17) is 4.74 Å². The minimum Gasteiger partial charge on any atom is -0.389 e. The van der Waals surface area contributed by atoms with Crippen molar-refractivity contribution in [3.8, 4) is 0 Å². The van der Waals surface area contributed by atoms with E-state index in [1.165, 1.54) is 6.07 Å². The van der Waals surface area contributed by atoms with Crippen LogP contribution < -0.4 is 4.90 Å². The molecule has 0 aliphatic carbocycles. The van der Waals surface area contributed by atoms with E-state index in [0.717, 1.165) is 19.4 Å². The summed E-state index contributed by atoms with van der Waals surface area (Å²) in [7, 11) is 0. The Labute approximate surface area is 124 Å². The molecule has 1 aliphatic rings. The lowest BCUT2D eigenvalue weighted by atomic mass is 10.0. The molecule has 0 amide bonds. The van der Waals surface area contributed by atoms with Gasteiger partial charge in [-0.1, -0.05) is 6.07 Å². The Kier molecular flexibility index (Phi) is 5.14. The van der Waals surface area contributed by atoms with Gasteiger partial charge in [-0.25, -0.2) is 0 Å². The van der Waals surface area contributed by atoms with Gasteiger partial charge in [0.2, 0.25) is 0 Å². The maximum atomic E-state index is 11.3. The topological polar surface area (TPSA) is 75.8 Å². The molecule has 6 heteroatoms. The van der Waals surface area contributed by atoms with Crippen LogP contribution in [0.15, 0.2) is 18.2 Å². The third-order valence-electron chi connectivity index (χ3n) is 3.80. The molecular formula is C15H22N2O4. The van der Waals surface area contributed by atoms with Crippen molar-refractivity contribution in [1.82, 2.24) is 0 Å². The summed E-state index contributed by atoms with van der Waals surface area (Å²) in [5, 5.41) is 20.9. The number of hydrogen-bond acceptors (Lipinski definition) is 5. The summed E-state index contributed by atoms with van der Waals surface area (Å²) in [6.07, 6.45) is 1.36. The lowest BCUT2D eigenvalue weighted by Crippen LogP contribution is -2.40. The monoisotopic (exact) mass is 294 g/mol. The lowest BCUT2D eigenvalue weighted by molar-refractivity contribution is -0.384. The van der Waals surface area contributed by atoms with Crippen LogP contribution in [-0.2, 0) is 4.74 Å². The largest absolute Gasteiger partial charge is 0.389 e. The third kappa shape index (κ3) is 3.71. The van der Waals surface area contributed by atoms with Gasteiger partial charge in [0.05, 0.1) is 17.1 Å². The smallest absolute Gasteiger partial charge is 0.292 e. The summed E-state index contributed by atoms with van der Waals surface area (Å²) in [6.45, 7) is 5.67. The molecule has 2 rings (SSSR count). The lowest BCUT2D eigenvalue weighted by Gasteiger charge is -2.33. The Hall–Kier alpha value is -1.66. The van der Waals surface area contributed by atoms with E-state index in [-0.39, 0.29) is 16.7 Å². The van der Waals surface area contributed by atoms with E-state index in [9.17, 15) is 15.2 Å². The van der Waals surface area contributed by atoms with Gasteiger partial charge in [-0.15, -0.1) is 0 Å². The van der Waals surface area contributed by atoms with Crippen molar-refractivity contribution in [3.05, 3.63) is 33.9 Å². The number of ether oxygens (including phenoxy) is 1. The fourth-order valence-corrected chi connectivity index (χ4v) is 2.74. The van der Waals surface area contributed by atoms with Crippen LogP contribution in [-0.4, -0.2) is 35.8 Å². The van der Waals surface area contributed by atoms with Crippen LogP contribution in [0.3, 0.4) is 0 Å². The SMILES string of the molecule is CCOC1CCCN(c2ccc(C(C)O)cc2[N+](=O)[O-])C1. The van der Waals surface area contributed by atoms with Gasteiger partial charge < -0.3 is 14.7 Å². The van der Waals surface area contributed by atoms with Crippen LogP contribution in [0.4, 0.5) is 11.4 Å². The van der Waals surface area contributed by atoms with Gasteiger partial charge in [-0.05, 0) is 38.3 Å². The highest BCUT2D eigenvalue weighted by Gasteiger charge is 2.26. The zero-order valence-electron chi connectivity index (χ0n) is 12.5. The number of hydrogen-bond donors (Lipinski definition) is 1. The molecule has 1 fully saturated rings. The summed E-state index contributed by atoms with van der Waals surface area (Å²) in [5.74, 6) is 0. The Morgan fingerprint density at radius 3 is 2.95 bits per heavy atom. The maximum Gasteiger partial charge on any atom is 0.292 e. The van der Waals surface area contributed by atoms with Gasteiger partial charge in [-0.3, -0.25) is 10.1 Å². The van der Waals surface area contributed by atoms with Crippen LogP contribution >= 0.6 is 0 Å². The normalized spacial score (nSPS) is 20.3. The summed E-state index contributed by atoms with van der Waals surface area (Å²) in [4.78, 5) is 12.9. The summed E-state index contributed by atoms with van der Waals surface area (Å²) < 4.78 is 5.65. The van der Waals surface area contributed by atoms with E-state index in [1.54, 1.807) is 19.1 Å². The highest BCUT2D eigenvalue weighted by molar-refractivity contribution is 5.64. The highest BCUT2D eigenvalue weighted by Crippen LogP contribution is 2.33. The van der Waals surface area contributed by atoms with Crippen molar-refractivity contribution in [3.63, 3.8) is 0 Å². The van der Waals surface area contributed by atoms with Gasteiger partial charge in [0.1, 0.15) is 5.69 Å². The molecule has 1 N–H and O–H groups in total. The second kappa shape index (κ2) is 6.87. The van der Waals surface area contributed by atoms with Crippen LogP contribution in [0.2, 0.25) is 0 Å². The molecule has 1 aromatic carbocycles. The first-order valence-electron chi connectivity index (χ1n) is 7.36. The van der Waals surface area contributed by atoms with Crippen LogP contribution in [0.1, 0.15) is 38.4 Å². The quantitative estimate of drug-likeness (QED) is 0.667. The van der Waals surface area contributed by atoms with Crippen LogP contribution in [0, 0.1) is 10.1 Å². The third-order valence-corrected chi connectivity index (χ3v) is 3.80. The molecule has 1 saturated heterocycles. The summed E-state index contributed by atoms with van der Waals surface area (Å²) in [6, 6.07) is 4.94. The molecule has 2 atom stereocenters. The summed E-state index contributed by atoms with van der Waals surface area (Å²) >= 11 is 0. The number of benzene rings is 1. The number of nitro groups is 1. The van der Waals surface area contributed by atoms with Crippen molar-refractivity contribution in [2.75, 3.05) is 24.6 Å². The van der Waals surface area contributed by atoms with E-state index in [1.807, 2.05) is 11.8 Å². The Morgan fingerprint density at radius 2 is 2.33 bits per heavy atom. The van der Waals surface area contributed by atoms with Gasteiger partial charge in [0.25, 0.3) is 5.69 Å². The Bertz CT molecular complexity index is 502. The number of aliphatic hydroxyl groups excluding tert-OH is 1. The molecule has 6 nitrogen and oxygen atoms in total. The number of anilines is 1. The fourth-order valence-electron chi connectivity index (χ4n) is 2.74. The number of piperidine rings is 1. The molecule has 0 spiro atoms. The molecular weight excluding hydrogens is 272 g/mol. The Morgan fingerprint density at radius 1 is 1.57 bits per heavy atom. The van der Waals surface area contributed by atoms with Crippen molar-refractivity contribution >= 4 is 11.4 Å². The van der Waals surface area contributed by atoms with Crippen molar-refractivity contribution < 1.29 is 14.8 Å². The van der Waals surface area contributed by atoms with Crippen molar-refractivity contribution in [2.45, 2.75) is 38.9 Å². The molecule has 21 heavy (non-hydrogen) atoms. The average Bonchev–Trinajstić information content (AvgIpc) is 2.47. The number of nitro benzene ring substituents is 1. The number of nitrogens with zero attached hydrogens (tertiary/aromatic N) is 2. The second-order valence-corrected chi connectivity index (χ2v) is 5.35. The minimum atomic E-state index is -0.713. The molecule has 0 saturated carbocycles. The molecule has 1 aliphatic heterocycles. The van der Waals surface area contributed by atoms with Gasteiger partial charge in [0, 0.05) is 25.8 Å². The van der Waals surface area contributed by atoms with Crippen LogP contribution in [0.25, 0.3) is 0 Å². The average molecular weight is 294 g/mol. The predicted molar refractivity (Wildman–Crippen MR) is 80.6 cm³/mol. The number of aliphatic hydroxyl groups is 1. The first kappa shape index (κ1) is 15.7. The number of rotatable bonds is 5. The molecule has 0 radical (unpaired) electrons. The van der Waals surface area contributed by atoms with Crippen LogP contribution in [0.5, 0.6) is 0 Å². The van der Waals surface area contributed by atoms with Gasteiger partial charge >= 0.3 is 0 Å². The summed E-state index contributed by atoms with van der Waals surface area (Å²) in [5.41, 5.74) is 1.21. The molecule has 2 unspecified atom stereocenters. The second-order valence-electron chi connectivity index (χ2n) is 5.35. The molecule has 0 bridgehead atoms. The molecule has 1 aromatic rings. The molecule has 116 valence electrons. The van der Waals surface area contributed by atoms with E-state index in [2.05, 4.69) is 0 Å². The molecule has 0 aromatic heterocycles. The fraction of sp³-hybridized carbons (Fsp3) is 0.600. The van der Waals surface area contributed by atoms with Gasteiger partial charge in [-0.2, -0.15) is 0 Å². The van der Waals surface area contributed by atoms with Crippen molar-refractivity contribution in [2.24, 2.45) is 0 Å². The maximum absolute atomic E-state index is 11.3. The Balaban J connectivity index is 2.27. The first-order valence-corrected chi connectivity index (χ1v) is 7.36. The predicted octanol–water partition coefficient (Wildman–Crippen LogP) is 2.65. The van der Waals surface area contributed by atoms with Crippen molar-refractivity contribution in [1.29, 1.82) is 0 Å². The highest BCUT2D eigenvalue weighted by atomic mass is 16.6. The molecule has 1 heterocycles. The zero-order chi connectivity index (χ0) is 15.4.